The maximum atomic E-state index is 12.9. The fraction of sp³-hybridized carbons (Fsp3) is 0.542. The van der Waals surface area contributed by atoms with E-state index in [0.29, 0.717) is 29.6 Å². The first-order valence-corrected chi connectivity index (χ1v) is 11.5. The zero-order chi connectivity index (χ0) is 22.5. The van der Waals surface area contributed by atoms with Gasteiger partial charge in [0.2, 0.25) is 5.91 Å². The Morgan fingerprint density at radius 2 is 1.83 bits per heavy atom. The van der Waals surface area contributed by atoms with Crippen LogP contribution in [0.2, 0.25) is 0 Å². The summed E-state index contributed by atoms with van der Waals surface area (Å²) in [6, 6.07) is 8.43. The SMILES string of the molecule is Cc1nc(SCC(=O)NCCC(C)C)n(C)c(=O)c1Cc1ccc(C(C)(C)C)cc1. The fourth-order valence-corrected chi connectivity index (χ4v) is 3.91. The molecule has 1 heterocycles. The predicted molar refractivity (Wildman–Crippen MR) is 125 cm³/mol. The Bertz CT molecular complexity index is 925. The molecule has 0 aliphatic heterocycles. The van der Waals surface area contributed by atoms with Crippen molar-refractivity contribution in [2.45, 2.75) is 65.0 Å². The molecular weight excluding hydrogens is 394 g/mol. The molecule has 1 N–H and O–H groups in total. The van der Waals surface area contributed by atoms with Crippen LogP contribution < -0.4 is 10.9 Å². The molecule has 0 saturated heterocycles. The molecule has 0 fully saturated rings. The molecular formula is C24H35N3O2S. The highest BCUT2D eigenvalue weighted by Gasteiger charge is 2.16. The summed E-state index contributed by atoms with van der Waals surface area (Å²) < 4.78 is 1.55. The average Bonchev–Trinajstić information content (AvgIpc) is 2.66. The van der Waals surface area contributed by atoms with Crippen molar-refractivity contribution < 1.29 is 4.79 Å². The van der Waals surface area contributed by atoms with Crippen LogP contribution >= 0.6 is 11.8 Å². The van der Waals surface area contributed by atoms with Crippen LogP contribution in [0.3, 0.4) is 0 Å². The van der Waals surface area contributed by atoms with Gasteiger partial charge in [0, 0.05) is 31.3 Å². The summed E-state index contributed by atoms with van der Waals surface area (Å²) in [4.78, 5) is 29.6. The maximum Gasteiger partial charge on any atom is 0.257 e. The predicted octanol–water partition coefficient (Wildman–Crippen LogP) is 4.23. The second kappa shape index (κ2) is 10.3. The first kappa shape index (κ1) is 24.2. The molecule has 0 atom stereocenters. The zero-order valence-corrected chi connectivity index (χ0v) is 20.2. The van der Waals surface area contributed by atoms with Crippen molar-refractivity contribution in [2.24, 2.45) is 13.0 Å². The number of nitrogens with zero attached hydrogens (tertiary/aromatic N) is 2. The molecule has 1 aromatic heterocycles. The molecule has 1 aromatic carbocycles. The molecule has 0 aliphatic rings. The Morgan fingerprint density at radius 1 is 1.20 bits per heavy atom. The standard InChI is InChI=1S/C24H35N3O2S/c1-16(2)12-13-25-21(28)15-30-23-26-17(3)20(22(29)27(23)7)14-18-8-10-19(11-9-18)24(4,5)6/h8-11,16H,12-15H2,1-7H3,(H,25,28). The van der Waals surface area contributed by atoms with Gasteiger partial charge in [-0.05, 0) is 35.8 Å². The van der Waals surface area contributed by atoms with Gasteiger partial charge in [-0.3, -0.25) is 14.2 Å². The summed E-state index contributed by atoms with van der Waals surface area (Å²) in [5.74, 6) is 0.779. The lowest BCUT2D eigenvalue weighted by atomic mass is 9.86. The first-order valence-electron chi connectivity index (χ1n) is 10.5. The summed E-state index contributed by atoms with van der Waals surface area (Å²) in [5, 5.41) is 3.49. The number of carbonyl (C=O) groups excluding carboxylic acids is 1. The van der Waals surface area contributed by atoms with Gasteiger partial charge >= 0.3 is 0 Å². The van der Waals surface area contributed by atoms with Gasteiger partial charge in [-0.2, -0.15) is 0 Å². The molecule has 1 amide bonds. The van der Waals surface area contributed by atoms with Gasteiger partial charge in [-0.15, -0.1) is 0 Å². The van der Waals surface area contributed by atoms with Crippen molar-refractivity contribution in [1.82, 2.24) is 14.9 Å². The van der Waals surface area contributed by atoms with E-state index in [0.717, 1.165) is 17.7 Å². The lowest BCUT2D eigenvalue weighted by Crippen LogP contribution is -2.29. The van der Waals surface area contributed by atoms with Crippen LogP contribution in [0.15, 0.2) is 34.2 Å². The van der Waals surface area contributed by atoms with E-state index in [2.05, 4.69) is 69.2 Å². The number of amides is 1. The largest absolute Gasteiger partial charge is 0.355 e. The van der Waals surface area contributed by atoms with E-state index in [1.807, 2.05) is 6.92 Å². The Morgan fingerprint density at radius 3 is 2.40 bits per heavy atom. The van der Waals surface area contributed by atoms with Crippen molar-refractivity contribution in [3.63, 3.8) is 0 Å². The molecule has 0 aliphatic carbocycles. The topological polar surface area (TPSA) is 64.0 Å². The number of aromatic nitrogens is 2. The molecule has 5 nitrogen and oxygen atoms in total. The average molecular weight is 430 g/mol. The summed E-state index contributed by atoms with van der Waals surface area (Å²) in [6.07, 6.45) is 1.51. The molecule has 0 saturated carbocycles. The molecule has 0 bridgehead atoms. The van der Waals surface area contributed by atoms with Crippen LogP contribution in [0.5, 0.6) is 0 Å². The first-order chi connectivity index (χ1) is 14.0. The molecule has 2 aromatic rings. The van der Waals surface area contributed by atoms with Gasteiger partial charge in [0.15, 0.2) is 5.16 Å². The monoisotopic (exact) mass is 429 g/mol. The summed E-state index contributed by atoms with van der Waals surface area (Å²) in [7, 11) is 1.72. The maximum absolute atomic E-state index is 12.9. The van der Waals surface area contributed by atoms with Gasteiger partial charge in [0.05, 0.1) is 5.75 Å². The number of carbonyl (C=O) groups is 1. The number of benzene rings is 1. The minimum Gasteiger partial charge on any atom is -0.355 e. The number of hydrogen-bond donors (Lipinski definition) is 1. The van der Waals surface area contributed by atoms with E-state index in [9.17, 15) is 9.59 Å². The van der Waals surface area contributed by atoms with Crippen molar-refractivity contribution in [3.8, 4) is 0 Å². The van der Waals surface area contributed by atoms with E-state index < -0.39 is 0 Å². The van der Waals surface area contributed by atoms with Crippen LogP contribution in [0.4, 0.5) is 0 Å². The van der Waals surface area contributed by atoms with Gasteiger partial charge < -0.3 is 5.32 Å². The van der Waals surface area contributed by atoms with Crippen molar-refractivity contribution in [2.75, 3.05) is 12.3 Å². The molecule has 164 valence electrons. The molecule has 0 unspecified atom stereocenters. The smallest absolute Gasteiger partial charge is 0.257 e. The third-order valence-corrected chi connectivity index (χ3v) is 6.16. The third-order valence-electron chi connectivity index (χ3n) is 5.13. The fourth-order valence-electron chi connectivity index (χ4n) is 3.07. The van der Waals surface area contributed by atoms with Crippen LogP contribution in [0, 0.1) is 12.8 Å². The number of thioether (sulfide) groups is 1. The lowest BCUT2D eigenvalue weighted by Gasteiger charge is -2.19. The number of aryl methyl sites for hydroxylation is 1. The lowest BCUT2D eigenvalue weighted by molar-refractivity contribution is -0.118. The van der Waals surface area contributed by atoms with E-state index in [-0.39, 0.29) is 22.6 Å². The quantitative estimate of drug-likeness (QED) is 0.504. The van der Waals surface area contributed by atoms with Crippen LogP contribution in [-0.4, -0.2) is 27.8 Å². The molecule has 0 spiro atoms. The van der Waals surface area contributed by atoms with Crippen molar-refractivity contribution >= 4 is 17.7 Å². The second-order valence-corrected chi connectivity index (χ2v) is 10.2. The minimum atomic E-state index is -0.0508. The zero-order valence-electron chi connectivity index (χ0n) is 19.3. The summed E-state index contributed by atoms with van der Waals surface area (Å²) in [5.41, 5.74) is 3.84. The highest BCUT2D eigenvalue weighted by molar-refractivity contribution is 7.99. The van der Waals surface area contributed by atoms with E-state index >= 15 is 0 Å². The summed E-state index contributed by atoms with van der Waals surface area (Å²) in [6.45, 7) is 13.4. The van der Waals surface area contributed by atoms with Gasteiger partial charge in [0.25, 0.3) is 5.56 Å². The Balaban J connectivity index is 2.09. The number of nitrogens with one attached hydrogen (secondary N) is 1. The third kappa shape index (κ3) is 6.73. The van der Waals surface area contributed by atoms with Gasteiger partial charge in [-0.25, -0.2) is 4.98 Å². The van der Waals surface area contributed by atoms with Crippen LogP contribution in [0.1, 0.15) is 63.4 Å². The molecule has 0 radical (unpaired) electrons. The normalized spacial score (nSPS) is 11.7. The van der Waals surface area contributed by atoms with Crippen LogP contribution in [-0.2, 0) is 23.7 Å². The Kier molecular flexibility index (Phi) is 8.30. The highest BCUT2D eigenvalue weighted by Crippen LogP contribution is 2.23. The number of hydrogen-bond acceptors (Lipinski definition) is 4. The molecule has 30 heavy (non-hydrogen) atoms. The number of rotatable bonds is 8. The minimum absolute atomic E-state index is 0.0319. The molecule has 2 rings (SSSR count). The van der Waals surface area contributed by atoms with Crippen molar-refractivity contribution in [1.29, 1.82) is 0 Å². The second-order valence-electron chi connectivity index (χ2n) is 9.27. The van der Waals surface area contributed by atoms with Crippen LogP contribution in [0.25, 0.3) is 0 Å². The van der Waals surface area contributed by atoms with E-state index in [4.69, 9.17) is 0 Å². The highest BCUT2D eigenvalue weighted by atomic mass is 32.2. The van der Waals surface area contributed by atoms with E-state index in [1.165, 1.54) is 17.3 Å². The summed E-state index contributed by atoms with van der Waals surface area (Å²) >= 11 is 1.30. The Hall–Kier alpha value is -2.08. The molecule has 6 heteroatoms. The van der Waals surface area contributed by atoms with E-state index in [1.54, 1.807) is 11.6 Å². The van der Waals surface area contributed by atoms with Crippen molar-refractivity contribution in [3.05, 3.63) is 57.0 Å². The van der Waals surface area contributed by atoms with Gasteiger partial charge in [0.1, 0.15) is 0 Å². The van der Waals surface area contributed by atoms with Gasteiger partial charge in [-0.1, -0.05) is 70.6 Å². The Labute approximate surface area is 184 Å².